The second-order valence-corrected chi connectivity index (χ2v) is 4.10. The summed E-state index contributed by atoms with van der Waals surface area (Å²) in [5, 5.41) is 20.0. The van der Waals surface area contributed by atoms with Gasteiger partial charge in [-0.2, -0.15) is 0 Å². The molecule has 104 valence electrons. The molecule has 0 aromatic heterocycles. The first-order valence-electron chi connectivity index (χ1n) is 5.98. The first-order valence-corrected chi connectivity index (χ1v) is 5.98. The average molecular weight is 266 g/mol. The van der Waals surface area contributed by atoms with Gasteiger partial charge in [0.05, 0.1) is 6.61 Å². The van der Waals surface area contributed by atoms with Gasteiger partial charge >= 0.3 is 12.0 Å². The number of aliphatic carboxylic acids is 1. The molecule has 0 aliphatic heterocycles. The first kappa shape index (κ1) is 15.0. The zero-order chi connectivity index (χ0) is 14.4. The number of carbonyl (C=O) groups is 2. The van der Waals surface area contributed by atoms with Gasteiger partial charge in [-0.25, -0.2) is 9.59 Å². The van der Waals surface area contributed by atoms with Crippen LogP contribution in [-0.4, -0.2) is 41.4 Å². The van der Waals surface area contributed by atoms with Crippen LogP contribution in [-0.2, 0) is 4.79 Å². The molecule has 2 amide bonds. The second kappa shape index (κ2) is 6.75. The lowest BCUT2D eigenvalue weighted by molar-refractivity contribution is -0.140. The van der Waals surface area contributed by atoms with Crippen LogP contribution in [0.1, 0.15) is 12.5 Å². The van der Waals surface area contributed by atoms with Crippen LogP contribution >= 0.6 is 0 Å². The van der Waals surface area contributed by atoms with Crippen LogP contribution in [0.25, 0.3) is 0 Å². The molecule has 0 radical (unpaired) electrons. The molecule has 0 saturated carbocycles. The summed E-state index contributed by atoms with van der Waals surface area (Å²) < 4.78 is 0. The maximum Gasteiger partial charge on any atom is 0.328 e. The van der Waals surface area contributed by atoms with Gasteiger partial charge in [-0.3, -0.25) is 4.90 Å². The normalized spacial score (nSPS) is 11.7. The Kier molecular flexibility index (Phi) is 5.32. The standard InChI is InChI=1S/C13H18N2O4/c1-3-15(10-6-4-9(2)5-7-10)13(19)14-11(8-16)12(17)18/h4-7,11,16H,3,8H2,1-2H3,(H,14,19)(H,17,18)/t11-/m1/s1. The Labute approximate surface area is 111 Å². The summed E-state index contributed by atoms with van der Waals surface area (Å²) in [5.41, 5.74) is 1.74. The molecule has 0 aliphatic rings. The highest BCUT2D eigenvalue weighted by Gasteiger charge is 2.22. The molecular weight excluding hydrogens is 248 g/mol. The number of carbonyl (C=O) groups excluding carboxylic acids is 1. The average Bonchev–Trinajstić information content (AvgIpc) is 2.38. The van der Waals surface area contributed by atoms with Crippen LogP contribution in [0.2, 0.25) is 0 Å². The third-order valence-electron chi connectivity index (χ3n) is 2.69. The number of rotatable bonds is 5. The molecule has 1 atom stereocenters. The summed E-state index contributed by atoms with van der Waals surface area (Å²) in [6.45, 7) is 3.47. The Balaban J connectivity index is 2.82. The second-order valence-electron chi connectivity index (χ2n) is 4.10. The summed E-state index contributed by atoms with van der Waals surface area (Å²) in [6, 6.07) is 5.46. The van der Waals surface area contributed by atoms with Crippen LogP contribution in [0.3, 0.4) is 0 Å². The van der Waals surface area contributed by atoms with Gasteiger partial charge in [0, 0.05) is 12.2 Å². The highest BCUT2D eigenvalue weighted by atomic mass is 16.4. The van der Waals surface area contributed by atoms with Gasteiger partial charge in [-0.15, -0.1) is 0 Å². The van der Waals surface area contributed by atoms with Gasteiger partial charge in [-0.05, 0) is 26.0 Å². The fraction of sp³-hybridized carbons (Fsp3) is 0.385. The number of aliphatic hydroxyl groups excluding tert-OH is 1. The van der Waals surface area contributed by atoms with Crippen molar-refractivity contribution in [3.05, 3.63) is 29.8 Å². The van der Waals surface area contributed by atoms with E-state index in [9.17, 15) is 9.59 Å². The highest BCUT2D eigenvalue weighted by Crippen LogP contribution is 2.15. The van der Waals surface area contributed by atoms with Crippen molar-refractivity contribution in [2.75, 3.05) is 18.1 Å². The molecule has 0 unspecified atom stereocenters. The lowest BCUT2D eigenvalue weighted by Gasteiger charge is -2.23. The van der Waals surface area contributed by atoms with Crippen LogP contribution in [0, 0.1) is 6.92 Å². The maximum absolute atomic E-state index is 12.0. The number of aryl methyl sites for hydroxylation is 1. The summed E-state index contributed by atoms with van der Waals surface area (Å²) in [5.74, 6) is -1.27. The molecule has 0 fully saturated rings. The number of aliphatic hydroxyl groups is 1. The highest BCUT2D eigenvalue weighted by molar-refractivity contribution is 5.94. The summed E-state index contributed by atoms with van der Waals surface area (Å²) in [7, 11) is 0. The summed E-state index contributed by atoms with van der Waals surface area (Å²) >= 11 is 0. The molecule has 0 bridgehead atoms. The molecule has 1 rings (SSSR count). The zero-order valence-electron chi connectivity index (χ0n) is 11.0. The number of carboxylic acids is 1. The lowest BCUT2D eigenvalue weighted by Crippen LogP contribution is -2.49. The number of carboxylic acid groups (broad SMARTS) is 1. The van der Waals surface area contributed by atoms with Crippen LogP contribution < -0.4 is 10.2 Å². The molecule has 19 heavy (non-hydrogen) atoms. The largest absolute Gasteiger partial charge is 0.480 e. The van der Waals surface area contributed by atoms with Crippen molar-refractivity contribution in [1.29, 1.82) is 0 Å². The molecule has 1 aromatic carbocycles. The summed E-state index contributed by atoms with van der Waals surface area (Å²) in [6.07, 6.45) is 0. The topological polar surface area (TPSA) is 89.9 Å². The van der Waals surface area contributed by atoms with Crippen LogP contribution in [0.5, 0.6) is 0 Å². The van der Waals surface area contributed by atoms with E-state index in [1.807, 2.05) is 19.1 Å². The number of nitrogens with zero attached hydrogens (tertiary/aromatic N) is 1. The Morgan fingerprint density at radius 3 is 2.32 bits per heavy atom. The Hall–Kier alpha value is -2.08. The Morgan fingerprint density at radius 2 is 1.89 bits per heavy atom. The van der Waals surface area contributed by atoms with E-state index < -0.39 is 24.6 Å². The van der Waals surface area contributed by atoms with E-state index in [1.165, 1.54) is 4.90 Å². The van der Waals surface area contributed by atoms with Crippen molar-refractivity contribution < 1.29 is 19.8 Å². The number of anilines is 1. The number of nitrogens with one attached hydrogen (secondary N) is 1. The third-order valence-corrected chi connectivity index (χ3v) is 2.69. The third kappa shape index (κ3) is 3.96. The zero-order valence-corrected chi connectivity index (χ0v) is 11.0. The van der Waals surface area contributed by atoms with Crippen LogP contribution in [0.4, 0.5) is 10.5 Å². The number of urea groups is 1. The number of benzene rings is 1. The lowest BCUT2D eigenvalue weighted by atomic mass is 10.2. The van der Waals surface area contributed by atoms with Crippen molar-refractivity contribution in [3.63, 3.8) is 0 Å². The van der Waals surface area contributed by atoms with Gasteiger partial charge in [0.15, 0.2) is 6.04 Å². The van der Waals surface area contributed by atoms with Gasteiger partial charge in [0.2, 0.25) is 0 Å². The van der Waals surface area contributed by atoms with Crippen molar-refractivity contribution in [3.8, 4) is 0 Å². The fourth-order valence-corrected chi connectivity index (χ4v) is 1.58. The SMILES string of the molecule is CCN(C(=O)N[C@H](CO)C(=O)O)c1ccc(C)cc1. The molecule has 6 nitrogen and oxygen atoms in total. The van der Waals surface area contributed by atoms with Gasteiger partial charge < -0.3 is 15.5 Å². The van der Waals surface area contributed by atoms with Crippen LogP contribution in [0.15, 0.2) is 24.3 Å². The van der Waals surface area contributed by atoms with Crippen molar-refractivity contribution >= 4 is 17.7 Å². The van der Waals surface area contributed by atoms with E-state index in [0.29, 0.717) is 12.2 Å². The quantitative estimate of drug-likeness (QED) is 0.741. The first-order chi connectivity index (χ1) is 8.99. The monoisotopic (exact) mass is 266 g/mol. The minimum absolute atomic E-state index is 0.395. The molecule has 1 aromatic rings. The van der Waals surface area contributed by atoms with Crippen molar-refractivity contribution in [2.45, 2.75) is 19.9 Å². The molecule has 0 spiro atoms. The molecule has 0 aliphatic carbocycles. The molecule has 6 heteroatoms. The van der Waals surface area contributed by atoms with Crippen molar-refractivity contribution in [2.24, 2.45) is 0 Å². The van der Waals surface area contributed by atoms with E-state index in [2.05, 4.69) is 5.32 Å². The molecule has 0 saturated heterocycles. The van der Waals surface area contributed by atoms with E-state index in [0.717, 1.165) is 5.56 Å². The van der Waals surface area contributed by atoms with E-state index >= 15 is 0 Å². The van der Waals surface area contributed by atoms with Gasteiger partial charge in [0.1, 0.15) is 0 Å². The predicted molar refractivity (Wildman–Crippen MR) is 71.2 cm³/mol. The fourth-order valence-electron chi connectivity index (χ4n) is 1.58. The number of amides is 2. The van der Waals surface area contributed by atoms with Crippen molar-refractivity contribution in [1.82, 2.24) is 5.32 Å². The van der Waals surface area contributed by atoms with Gasteiger partial charge in [0.25, 0.3) is 0 Å². The number of hydrogen-bond acceptors (Lipinski definition) is 3. The van der Waals surface area contributed by atoms with E-state index in [1.54, 1.807) is 19.1 Å². The van der Waals surface area contributed by atoms with E-state index in [4.69, 9.17) is 10.2 Å². The van der Waals surface area contributed by atoms with Gasteiger partial charge in [-0.1, -0.05) is 17.7 Å². The Bertz CT molecular complexity index is 444. The minimum atomic E-state index is -1.30. The smallest absolute Gasteiger partial charge is 0.328 e. The maximum atomic E-state index is 12.0. The number of hydrogen-bond donors (Lipinski definition) is 3. The molecule has 3 N–H and O–H groups in total. The molecular formula is C13H18N2O4. The molecule has 0 heterocycles. The minimum Gasteiger partial charge on any atom is -0.480 e. The predicted octanol–water partition coefficient (Wildman–Crippen LogP) is 0.976. The Morgan fingerprint density at radius 1 is 1.32 bits per heavy atom. The summed E-state index contributed by atoms with van der Waals surface area (Å²) in [4.78, 5) is 24.1. The van der Waals surface area contributed by atoms with E-state index in [-0.39, 0.29) is 0 Å².